The highest BCUT2D eigenvalue weighted by Gasteiger charge is 2.30. The van der Waals surface area contributed by atoms with Crippen molar-refractivity contribution in [2.24, 2.45) is 7.05 Å². The maximum absolute atomic E-state index is 13.0. The standard InChI is InChI=1S/C20H28N4O4.ClH/c1-21-18(14-12-22-23(2)13-14)20(25)24-10-8-15(9-11-24)28-19-16(26-3)6-5-7-17(19)27-4;/h5-7,12-13,15,18,21H,8-11H2,1-4H3;1H. The fourth-order valence-corrected chi connectivity index (χ4v) is 3.50. The molecule has 1 saturated heterocycles. The molecule has 1 aromatic heterocycles. The van der Waals surface area contributed by atoms with Gasteiger partial charge >= 0.3 is 0 Å². The summed E-state index contributed by atoms with van der Waals surface area (Å²) in [5, 5.41) is 7.27. The number of nitrogens with zero attached hydrogens (tertiary/aromatic N) is 3. The normalized spacial score (nSPS) is 15.4. The Labute approximate surface area is 177 Å². The van der Waals surface area contributed by atoms with E-state index in [1.54, 1.807) is 32.1 Å². The van der Waals surface area contributed by atoms with Crippen LogP contribution in [0.3, 0.4) is 0 Å². The van der Waals surface area contributed by atoms with Gasteiger partial charge in [-0.2, -0.15) is 5.10 Å². The van der Waals surface area contributed by atoms with E-state index in [0.717, 1.165) is 18.4 Å². The molecule has 1 amide bonds. The molecule has 1 N–H and O–H groups in total. The van der Waals surface area contributed by atoms with Crippen molar-refractivity contribution >= 4 is 18.3 Å². The Morgan fingerprint density at radius 1 is 1.21 bits per heavy atom. The molecular formula is C20H29ClN4O4. The van der Waals surface area contributed by atoms with Crippen LogP contribution in [0.15, 0.2) is 30.6 Å². The number of para-hydroxylation sites is 1. The Morgan fingerprint density at radius 3 is 2.31 bits per heavy atom. The van der Waals surface area contributed by atoms with Gasteiger partial charge in [0.25, 0.3) is 0 Å². The third-order valence-corrected chi connectivity index (χ3v) is 5.01. The minimum Gasteiger partial charge on any atom is -0.493 e. The largest absolute Gasteiger partial charge is 0.493 e. The van der Waals surface area contributed by atoms with Crippen molar-refractivity contribution in [3.63, 3.8) is 0 Å². The number of likely N-dealkylation sites (tertiary alicyclic amines) is 1. The van der Waals surface area contributed by atoms with E-state index in [4.69, 9.17) is 14.2 Å². The predicted octanol–water partition coefficient (Wildman–Crippen LogP) is 2.19. The molecule has 0 spiro atoms. The highest BCUT2D eigenvalue weighted by Crippen LogP contribution is 2.38. The van der Waals surface area contributed by atoms with E-state index in [2.05, 4.69) is 10.4 Å². The van der Waals surface area contributed by atoms with Crippen LogP contribution in [-0.2, 0) is 11.8 Å². The summed E-state index contributed by atoms with van der Waals surface area (Å²) in [7, 11) is 6.85. The number of benzene rings is 1. The van der Waals surface area contributed by atoms with Crippen LogP contribution in [0.1, 0.15) is 24.4 Å². The van der Waals surface area contributed by atoms with Crippen LogP contribution in [0.5, 0.6) is 17.2 Å². The number of amides is 1. The molecule has 1 fully saturated rings. The summed E-state index contributed by atoms with van der Waals surface area (Å²) >= 11 is 0. The van der Waals surface area contributed by atoms with E-state index in [1.165, 1.54) is 0 Å². The molecule has 2 heterocycles. The van der Waals surface area contributed by atoms with E-state index in [-0.39, 0.29) is 30.5 Å². The van der Waals surface area contributed by atoms with Crippen LogP contribution < -0.4 is 19.5 Å². The number of nitrogens with one attached hydrogen (secondary N) is 1. The number of aryl methyl sites for hydroxylation is 1. The molecule has 29 heavy (non-hydrogen) atoms. The molecule has 0 saturated carbocycles. The number of hydrogen-bond donors (Lipinski definition) is 1. The van der Waals surface area contributed by atoms with Crippen molar-refractivity contribution in [1.29, 1.82) is 0 Å². The number of rotatable bonds is 7. The summed E-state index contributed by atoms with van der Waals surface area (Å²) in [4.78, 5) is 14.8. The molecule has 9 heteroatoms. The lowest BCUT2D eigenvalue weighted by Crippen LogP contribution is -2.46. The van der Waals surface area contributed by atoms with E-state index in [1.807, 2.05) is 36.3 Å². The molecule has 0 radical (unpaired) electrons. The molecule has 1 aliphatic heterocycles. The summed E-state index contributed by atoms with van der Waals surface area (Å²) < 4.78 is 18.7. The zero-order valence-electron chi connectivity index (χ0n) is 17.3. The minimum atomic E-state index is -0.388. The van der Waals surface area contributed by atoms with Gasteiger partial charge in [0, 0.05) is 44.7 Å². The number of ether oxygens (including phenoxy) is 3. The van der Waals surface area contributed by atoms with Crippen molar-refractivity contribution in [2.75, 3.05) is 34.4 Å². The monoisotopic (exact) mass is 424 g/mol. The Morgan fingerprint density at radius 2 is 1.83 bits per heavy atom. The Hall–Kier alpha value is -2.45. The first-order valence-electron chi connectivity index (χ1n) is 9.39. The first-order chi connectivity index (χ1) is 13.6. The van der Waals surface area contributed by atoms with Crippen molar-refractivity contribution in [3.8, 4) is 17.2 Å². The lowest BCUT2D eigenvalue weighted by Gasteiger charge is -2.34. The second-order valence-electron chi connectivity index (χ2n) is 6.80. The smallest absolute Gasteiger partial charge is 0.244 e. The molecule has 8 nitrogen and oxygen atoms in total. The summed E-state index contributed by atoms with van der Waals surface area (Å²) in [6.45, 7) is 1.28. The summed E-state index contributed by atoms with van der Waals surface area (Å²) in [6.07, 6.45) is 5.08. The molecule has 160 valence electrons. The highest BCUT2D eigenvalue weighted by atomic mass is 35.5. The lowest BCUT2D eigenvalue weighted by atomic mass is 10.0. The van der Waals surface area contributed by atoms with Gasteiger partial charge in [0.15, 0.2) is 11.5 Å². The Balaban J connectivity index is 0.00000300. The van der Waals surface area contributed by atoms with Crippen molar-refractivity contribution in [3.05, 3.63) is 36.2 Å². The van der Waals surface area contributed by atoms with E-state index in [9.17, 15) is 4.79 Å². The van der Waals surface area contributed by atoms with Crippen molar-refractivity contribution in [1.82, 2.24) is 20.0 Å². The fraction of sp³-hybridized carbons (Fsp3) is 0.500. The maximum Gasteiger partial charge on any atom is 0.244 e. The molecule has 1 atom stereocenters. The van der Waals surface area contributed by atoms with Gasteiger partial charge in [-0.1, -0.05) is 6.07 Å². The topological polar surface area (TPSA) is 77.9 Å². The first kappa shape index (κ1) is 22.8. The maximum atomic E-state index is 13.0. The van der Waals surface area contributed by atoms with Gasteiger partial charge in [0.05, 0.1) is 20.4 Å². The molecule has 1 aromatic carbocycles. The SMILES string of the molecule is CNC(C(=O)N1CCC(Oc2c(OC)cccc2OC)CC1)c1cnn(C)c1.Cl. The summed E-state index contributed by atoms with van der Waals surface area (Å²) in [5.74, 6) is 1.96. The van der Waals surface area contributed by atoms with Gasteiger partial charge in [-0.3, -0.25) is 9.48 Å². The number of halogens is 1. The zero-order valence-corrected chi connectivity index (χ0v) is 18.1. The predicted molar refractivity (Wildman–Crippen MR) is 112 cm³/mol. The zero-order chi connectivity index (χ0) is 20.1. The van der Waals surface area contributed by atoms with E-state index < -0.39 is 0 Å². The summed E-state index contributed by atoms with van der Waals surface area (Å²) in [6, 6.07) is 5.17. The van der Waals surface area contributed by atoms with Gasteiger partial charge in [-0.15, -0.1) is 12.4 Å². The third-order valence-electron chi connectivity index (χ3n) is 5.01. The number of carbonyl (C=O) groups is 1. The van der Waals surface area contributed by atoms with Crippen LogP contribution in [0.2, 0.25) is 0 Å². The molecule has 1 unspecified atom stereocenters. The van der Waals surface area contributed by atoms with Gasteiger partial charge < -0.3 is 24.4 Å². The molecular weight excluding hydrogens is 396 g/mol. The number of likely N-dealkylation sites (N-methyl/N-ethyl adjacent to an activating group) is 1. The quantitative estimate of drug-likeness (QED) is 0.734. The Kier molecular flexibility index (Phi) is 8.16. The van der Waals surface area contributed by atoms with Crippen molar-refractivity contribution in [2.45, 2.75) is 25.0 Å². The number of aromatic nitrogens is 2. The molecule has 2 aromatic rings. The first-order valence-corrected chi connectivity index (χ1v) is 9.39. The molecule has 0 bridgehead atoms. The second-order valence-corrected chi connectivity index (χ2v) is 6.80. The fourth-order valence-electron chi connectivity index (χ4n) is 3.50. The van der Waals surface area contributed by atoms with Crippen LogP contribution in [0.25, 0.3) is 0 Å². The van der Waals surface area contributed by atoms with Gasteiger partial charge in [0.1, 0.15) is 12.1 Å². The Bertz CT molecular complexity index is 783. The van der Waals surface area contributed by atoms with E-state index in [0.29, 0.717) is 30.3 Å². The number of piperidine rings is 1. The molecule has 3 rings (SSSR count). The van der Waals surface area contributed by atoms with Crippen molar-refractivity contribution < 1.29 is 19.0 Å². The molecule has 0 aliphatic carbocycles. The van der Waals surface area contributed by atoms with E-state index >= 15 is 0 Å². The highest BCUT2D eigenvalue weighted by molar-refractivity contribution is 5.85. The van der Waals surface area contributed by atoms with Gasteiger partial charge in [-0.05, 0) is 19.2 Å². The second kappa shape index (κ2) is 10.4. The molecule has 1 aliphatic rings. The third kappa shape index (κ3) is 5.13. The van der Waals surface area contributed by atoms with Crippen LogP contribution in [0.4, 0.5) is 0 Å². The average molecular weight is 425 g/mol. The lowest BCUT2D eigenvalue weighted by molar-refractivity contribution is -0.135. The van der Waals surface area contributed by atoms with Crippen LogP contribution in [0, 0.1) is 0 Å². The number of carbonyl (C=O) groups excluding carboxylic acids is 1. The van der Waals surface area contributed by atoms with Gasteiger partial charge in [-0.25, -0.2) is 0 Å². The number of methoxy groups -OCH3 is 2. The average Bonchev–Trinajstić information content (AvgIpc) is 3.15. The van der Waals surface area contributed by atoms with Crippen LogP contribution >= 0.6 is 12.4 Å². The van der Waals surface area contributed by atoms with Crippen LogP contribution in [-0.4, -0.2) is 61.0 Å². The summed E-state index contributed by atoms with van der Waals surface area (Å²) in [5.41, 5.74) is 0.868. The number of hydrogen-bond acceptors (Lipinski definition) is 6. The minimum absolute atomic E-state index is 0. The van der Waals surface area contributed by atoms with Gasteiger partial charge in [0.2, 0.25) is 11.7 Å².